The van der Waals surface area contributed by atoms with Crippen LogP contribution in [0.2, 0.25) is 0 Å². The maximum atomic E-state index is 14.8. The monoisotopic (exact) mass is 506 g/mol. The van der Waals surface area contributed by atoms with Crippen LogP contribution in [-0.2, 0) is 27.8 Å². The van der Waals surface area contributed by atoms with Crippen molar-refractivity contribution in [3.8, 4) is 11.1 Å². The molecule has 2 aromatic carbocycles. The number of sulfonamides is 1. The van der Waals surface area contributed by atoms with E-state index in [1.54, 1.807) is 36.4 Å². The van der Waals surface area contributed by atoms with E-state index in [0.29, 0.717) is 28.2 Å². The molecule has 0 aliphatic rings. The highest BCUT2D eigenvalue weighted by Gasteiger charge is 2.19. The molecule has 0 bridgehead atoms. The minimum atomic E-state index is -3.97. The highest BCUT2D eigenvalue weighted by Crippen LogP contribution is 2.25. The summed E-state index contributed by atoms with van der Waals surface area (Å²) >= 11 is 0. The molecular formula is C26H23FN4O4S. The van der Waals surface area contributed by atoms with E-state index in [1.807, 2.05) is 30.3 Å². The number of carboxylic acid groups (broad SMARTS) is 1. The fourth-order valence-electron chi connectivity index (χ4n) is 3.63. The van der Waals surface area contributed by atoms with E-state index in [1.165, 1.54) is 18.5 Å². The molecule has 0 radical (unpaired) electrons. The van der Waals surface area contributed by atoms with Gasteiger partial charge in [-0.2, -0.15) is 0 Å². The second-order valence-corrected chi connectivity index (χ2v) is 9.66. The Bertz CT molecular complexity index is 1480. The lowest BCUT2D eigenvalue weighted by molar-refractivity contribution is -0.134. The number of anilines is 1. The molecule has 2 heterocycles. The number of benzene rings is 2. The summed E-state index contributed by atoms with van der Waals surface area (Å²) in [6, 6.07) is 20.5. The number of hydrogen-bond donors (Lipinski definition) is 3. The molecule has 0 aliphatic carbocycles. The molecule has 0 aliphatic heterocycles. The number of rotatable bonds is 10. The first-order valence-corrected chi connectivity index (χ1v) is 12.5. The molecule has 0 fully saturated rings. The summed E-state index contributed by atoms with van der Waals surface area (Å²) in [5.41, 5.74) is 2.71. The van der Waals surface area contributed by atoms with Gasteiger partial charge in [0.05, 0.1) is 12.2 Å². The third-order valence-electron chi connectivity index (χ3n) is 5.34. The molecule has 4 rings (SSSR count). The van der Waals surface area contributed by atoms with Gasteiger partial charge in [-0.3, -0.25) is 9.78 Å². The number of nitrogens with zero attached hydrogens (tertiary/aromatic N) is 2. The molecule has 0 atom stereocenters. The van der Waals surface area contributed by atoms with Crippen LogP contribution in [-0.4, -0.2) is 36.0 Å². The van der Waals surface area contributed by atoms with Crippen LogP contribution < -0.4 is 10.0 Å². The first-order valence-electron chi connectivity index (χ1n) is 11.0. The highest BCUT2D eigenvalue weighted by molar-refractivity contribution is 7.89. The number of hydrogen-bond acceptors (Lipinski definition) is 6. The summed E-state index contributed by atoms with van der Waals surface area (Å²) in [6.45, 7) is -0.423. The molecule has 0 unspecified atom stereocenters. The molecule has 3 N–H and O–H groups in total. The topological polar surface area (TPSA) is 121 Å². The predicted molar refractivity (Wildman–Crippen MR) is 133 cm³/mol. The van der Waals surface area contributed by atoms with Crippen molar-refractivity contribution in [2.45, 2.75) is 17.9 Å². The maximum absolute atomic E-state index is 14.8. The van der Waals surface area contributed by atoms with Crippen molar-refractivity contribution in [2.75, 3.05) is 11.9 Å². The van der Waals surface area contributed by atoms with Crippen molar-refractivity contribution in [2.24, 2.45) is 0 Å². The summed E-state index contributed by atoms with van der Waals surface area (Å²) < 4.78 is 43.5. The van der Waals surface area contributed by atoms with Crippen LogP contribution in [0.3, 0.4) is 0 Å². The molecule has 10 heteroatoms. The van der Waals surface area contributed by atoms with E-state index < -0.39 is 21.8 Å². The van der Waals surface area contributed by atoms with Crippen LogP contribution in [0.1, 0.15) is 16.8 Å². The number of carboxylic acids is 1. The van der Waals surface area contributed by atoms with Crippen LogP contribution in [0.25, 0.3) is 11.1 Å². The minimum Gasteiger partial charge on any atom is -0.480 e. The third-order valence-corrected chi connectivity index (χ3v) is 6.81. The highest BCUT2D eigenvalue weighted by atomic mass is 32.2. The van der Waals surface area contributed by atoms with E-state index >= 15 is 0 Å². The van der Waals surface area contributed by atoms with Gasteiger partial charge >= 0.3 is 5.97 Å². The maximum Gasteiger partial charge on any atom is 0.322 e. The van der Waals surface area contributed by atoms with Gasteiger partial charge in [0.1, 0.15) is 23.1 Å². The quantitative estimate of drug-likeness (QED) is 0.299. The lowest BCUT2D eigenvalue weighted by Gasteiger charge is -2.12. The fraction of sp³-hybridized carbons (Fsp3) is 0.115. The van der Waals surface area contributed by atoms with Crippen molar-refractivity contribution in [3.63, 3.8) is 0 Å². The normalized spacial score (nSPS) is 11.2. The summed E-state index contributed by atoms with van der Waals surface area (Å²) in [5.74, 6) is -1.11. The SMILES string of the molecule is O=C(O)CNc1cccc(CNS(=O)(=O)c2cnccc2Cc2ccc(-c3ccccc3)c(F)c2)n1. The molecule has 8 nitrogen and oxygen atoms in total. The van der Waals surface area contributed by atoms with Crippen molar-refractivity contribution in [3.05, 3.63) is 108 Å². The fourth-order valence-corrected chi connectivity index (χ4v) is 4.80. The molecule has 184 valence electrons. The predicted octanol–water partition coefficient (Wildman–Crippen LogP) is 3.85. The largest absolute Gasteiger partial charge is 0.480 e. The van der Waals surface area contributed by atoms with Crippen molar-refractivity contribution in [1.29, 1.82) is 0 Å². The van der Waals surface area contributed by atoms with Gasteiger partial charge in [0.25, 0.3) is 0 Å². The molecule has 36 heavy (non-hydrogen) atoms. The lowest BCUT2D eigenvalue weighted by atomic mass is 10.00. The average molecular weight is 507 g/mol. The van der Waals surface area contributed by atoms with Gasteiger partial charge in [0.2, 0.25) is 10.0 Å². The molecule has 0 saturated heterocycles. The minimum absolute atomic E-state index is 0.0160. The van der Waals surface area contributed by atoms with E-state index in [-0.39, 0.29) is 24.4 Å². The van der Waals surface area contributed by atoms with Crippen LogP contribution in [0.15, 0.2) is 90.1 Å². The van der Waals surface area contributed by atoms with Crippen molar-refractivity contribution < 1.29 is 22.7 Å². The lowest BCUT2D eigenvalue weighted by Crippen LogP contribution is -2.25. The summed E-state index contributed by atoms with van der Waals surface area (Å²) in [7, 11) is -3.97. The van der Waals surface area contributed by atoms with E-state index in [9.17, 15) is 17.6 Å². The zero-order chi connectivity index (χ0) is 25.5. The molecule has 0 amide bonds. The van der Waals surface area contributed by atoms with Gasteiger partial charge < -0.3 is 10.4 Å². The first kappa shape index (κ1) is 25.0. The van der Waals surface area contributed by atoms with Gasteiger partial charge in [0, 0.05) is 18.0 Å². The Morgan fingerprint density at radius 1 is 1.00 bits per heavy atom. The van der Waals surface area contributed by atoms with Gasteiger partial charge in [0.15, 0.2) is 0 Å². The van der Waals surface area contributed by atoms with E-state index in [0.717, 1.165) is 5.56 Å². The smallest absolute Gasteiger partial charge is 0.322 e. The average Bonchev–Trinajstić information content (AvgIpc) is 2.87. The number of aliphatic carboxylic acids is 1. The summed E-state index contributed by atoms with van der Waals surface area (Å²) in [5, 5.41) is 11.4. The molecule has 4 aromatic rings. The number of nitrogens with one attached hydrogen (secondary N) is 2. The number of pyridine rings is 2. The Balaban J connectivity index is 1.50. The third kappa shape index (κ3) is 6.29. The zero-order valence-corrected chi connectivity index (χ0v) is 19.9. The van der Waals surface area contributed by atoms with E-state index in [4.69, 9.17) is 5.11 Å². The molecule has 0 saturated carbocycles. The Kier molecular flexibility index (Phi) is 7.67. The number of aromatic nitrogens is 2. The summed E-state index contributed by atoms with van der Waals surface area (Å²) in [6.07, 6.45) is 2.93. The second kappa shape index (κ2) is 11.1. The van der Waals surface area contributed by atoms with Crippen molar-refractivity contribution >= 4 is 21.8 Å². The van der Waals surface area contributed by atoms with Crippen molar-refractivity contribution in [1.82, 2.24) is 14.7 Å². The van der Waals surface area contributed by atoms with Gasteiger partial charge in [-0.15, -0.1) is 0 Å². The zero-order valence-electron chi connectivity index (χ0n) is 19.1. The Morgan fingerprint density at radius 3 is 2.56 bits per heavy atom. The number of carbonyl (C=O) groups is 1. The van der Waals surface area contributed by atoms with Crippen LogP contribution in [0.4, 0.5) is 10.2 Å². The van der Waals surface area contributed by atoms with Crippen LogP contribution >= 0.6 is 0 Å². The molecular weight excluding hydrogens is 483 g/mol. The molecule has 0 spiro atoms. The summed E-state index contributed by atoms with van der Waals surface area (Å²) in [4.78, 5) is 18.9. The standard InChI is InChI=1S/C26H23FN4O4S/c27-23-14-18(9-10-22(23)19-5-2-1-3-6-19)13-20-11-12-28-16-24(20)36(34,35)30-15-21-7-4-8-25(31-21)29-17-26(32)33/h1-12,14,16,30H,13,15,17H2,(H,29,31)(H,32,33). The van der Waals surface area contributed by atoms with E-state index in [2.05, 4.69) is 20.0 Å². The van der Waals surface area contributed by atoms with Gasteiger partial charge in [-0.05, 0) is 47.4 Å². The van der Waals surface area contributed by atoms with Gasteiger partial charge in [-0.25, -0.2) is 22.5 Å². The number of halogens is 1. The second-order valence-electron chi connectivity index (χ2n) is 7.93. The Labute approximate surface area is 207 Å². The van der Waals surface area contributed by atoms with Gasteiger partial charge in [-0.1, -0.05) is 48.5 Å². The van der Waals surface area contributed by atoms with Crippen LogP contribution in [0.5, 0.6) is 0 Å². The molecule has 2 aromatic heterocycles. The first-order chi connectivity index (χ1) is 17.3. The Hall–Kier alpha value is -4.15. The Morgan fingerprint density at radius 2 is 1.81 bits per heavy atom. The van der Waals surface area contributed by atoms with Crippen LogP contribution in [0, 0.1) is 5.82 Å².